The topological polar surface area (TPSA) is 125 Å². The molecule has 0 saturated heterocycles. The summed E-state index contributed by atoms with van der Waals surface area (Å²) >= 11 is 2.76. The highest BCUT2D eigenvalue weighted by Crippen LogP contribution is 2.36. The van der Waals surface area contributed by atoms with Crippen LogP contribution in [0.4, 0.5) is 0 Å². The molecule has 1 aromatic carbocycles. The van der Waals surface area contributed by atoms with Gasteiger partial charge in [-0.15, -0.1) is 0 Å². The summed E-state index contributed by atoms with van der Waals surface area (Å²) in [4.78, 5) is 34.1. The molecule has 3 aliphatic rings. The molecule has 0 atom stereocenters. The van der Waals surface area contributed by atoms with Crippen LogP contribution < -0.4 is 10.3 Å². The van der Waals surface area contributed by atoms with Crippen LogP contribution >= 0.6 is 23.1 Å². The van der Waals surface area contributed by atoms with Gasteiger partial charge in [-0.2, -0.15) is 24.7 Å². The Labute approximate surface area is 220 Å². The first-order valence-corrected chi connectivity index (χ1v) is 13.7. The lowest BCUT2D eigenvalue weighted by molar-refractivity contribution is -0.114. The van der Waals surface area contributed by atoms with Gasteiger partial charge < -0.3 is 4.74 Å². The number of carbonyl (C=O) groups is 1. The predicted octanol–water partition coefficient (Wildman–Crippen LogP) is 4.24. The van der Waals surface area contributed by atoms with Crippen molar-refractivity contribution >= 4 is 56.1 Å². The number of amides is 1. The lowest BCUT2D eigenvalue weighted by Crippen LogP contribution is -2.35. The van der Waals surface area contributed by atoms with Gasteiger partial charge in [0.15, 0.2) is 5.84 Å². The van der Waals surface area contributed by atoms with E-state index >= 15 is 0 Å². The molecular weight excluding hydrogens is 510 g/mol. The van der Waals surface area contributed by atoms with Gasteiger partial charge >= 0.3 is 0 Å². The Morgan fingerprint density at radius 1 is 1.16 bits per heavy atom. The van der Waals surface area contributed by atoms with Crippen LogP contribution in [-0.4, -0.2) is 41.6 Å². The number of nitrogens with zero attached hydrogens (tertiary/aromatic N) is 6. The van der Waals surface area contributed by atoms with E-state index in [-0.39, 0.29) is 23.6 Å². The van der Waals surface area contributed by atoms with Crippen molar-refractivity contribution in [3.8, 4) is 5.75 Å². The minimum Gasteiger partial charge on any atom is -0.487 e. The molecule has 0 radical (unpaired) electrons. The van der Waals surface area contributed by atoms with Crippen LogP contribution in [0.25, 0.3) is 11.0 Å². The van der Waals surface area contributed by atoms with Gasteiger partial charge in [-0.05, 0) is 55.3 Å². The Morgan fingerprint density at radius 3 is 2.73 bits per heavy atom. The number of fused-ring (bicyclic) bond motifs is 2. The van der Waals surface area contributed by atoms with Gasteiger partial charge in [-0.1, -0.05) is 42.7 Å². The summed E-state index contributed by atoms with van der Waals surface area (Å²) in [5.41, 5.74) is 1.21. The molecule has 37 heavy (non-hydrogen) atoms. The molecular formula is C25H23N7O3S2. The van der Waals surface area contributed by atoms with Gasteiger partial charge in [-0.25, -0.2) is 4.98 Å². The van der Waals surface area contributed by atoms with Crippen molar-refractivity contribution in [2.45, 2.75) is 45.6 Å². The number of aromatic nitrogens is 3. The zero-order chi connectivity index (χ0) is 25.5. The number of rotatable bonds is 5. The number of hydrogen-bond acceptors (Lipinski definition) is 9. The molecule has 0 bridgehead atoms. The fourth-order valence-corrected chi connectivity index (χ4v) is 6.36. The molecule has 12 heteroatoms. The number of carbonyl (C=O) groups excluding carboxylic acids is 1. The van der Waals surface area contributed by atoms with Crippen LogP contribution in [0.5, 0.6) is 5.75 Å². The summed E-state index contributed by atoms with van der Waals surface area (Å²) in [6.45, 7) is 1.96. The van der Waals surface area contributed by atoms with E-state index < -0.39 is 5.91 Å². The maximum atomic E-state index is 12.7. The molecule has 4 heterocycles. The molecule has 3 aromatic rings. The lowest BCUT2D eigenvalue weighted by atomic mass is 9.90. The Balaban J connectivity index is 1.15. The largest absolute Gasteiger partial charge is 0.487 e. The zero-order valence-corrected chi connectivity index (χ0v) is 21.6. The molecule has 6 rings (SSSR count). The first-order valence-electron chi connectivity index (χ1n) is 12.0. The Morgan fingerprint density at radius 2 is 1.95 bits per heavy atom. The number of nitrogens with one attached hydrogen (secondary N) is 1. The van der Waals surface area contributed by atoms with Crippen molar-refractivity contribution in [3.05, 3.63) is 62.5 Å². The molecule has 1 saturated carbocycles. The minimum atomic E-state index is -0.435. The van der Waals surface area contributed by atoms with Crippen LogP contribution in [0.3, 0.4) is 0 Å². The van der Waals surface area contributed by atoms with Crippen molar-refractivity contribution in [1.82, 2.24) is 19.6 Å². The Kier molecular flexibility index (Phi) is 6.21. The molecule has 1 N–H and O–H groups in total. The second-order valence-electron chi connectivity index (χ2n) is 9.05. The SMILES string of the molecule is Cc1nn2c(=O)cc(COc3ccc(/C=C4/C(=N)N5N=C(C6CCCCC6)SC5=NC4=O)cc3)nc2s1. The van der Waals surface area contributed by atoms with Gasteiger partial charge in [0.05, 0.1) is 11.3 Å². The molecule has 2 aromatic heterocycles. The van der Waals surface area contributed by atoms with E-state index in [1.54, 1.807) is 30.3 Å². The summed E-state index contributed by atoms with van der Waals surface area (Å²) in [6.07, 6.45) is 7.47. The molecule has 1 amide bonds. The van der Waals surface area contributed by atoms with Crippen LogP contribution in [0, 0.1) is 18.3 Å². The van der Waals surface area contributed by atoms with Crippen LogP contribution in [0.1, 0.15) is 48.4 Å². The first-order chi connectivity index (χ1) is 17.9. The Hall–Kier alpha value is -3.64. The highest BCUT2D eigenvalue weighted by molar-refractivity contribution is 8.27. The number of thioether (sulfide) groups is 1. The molecule has 0 spiro atoms. The van der Waals surface area contributed by atoms with Gasteiger partial charge in [0, 0.05) is 12.0 Å². The van der Waals surface area contributed by atoms with Crippen molar-refractivity contribution in [1.29, 1.82) is 5.41 Å². The normalized spacial score (nSPS) is 19.4. The maximum absolute atomic E-state index is 12.7. The third kappa shape index (κ3) is 4.74. The third-order valence-electron chi connectivity index (χ3n) is 6.40. The molecule has 2 aliphatic heterocycles. The molecule has 188 valence electrons. The van der Waals surface area contributed by atoms with Crippen LogP contribution in [0.15, 0.2) is 50.8 Å². The number of aryl methyl sites for hydroxylation is 1. The summed E-state index contributed by atoms with van der Waals surface area (Å²) in [5.74, 6) is 0.583. The van der Waals surface area contributed by atoms with Crippen LogP contribution in [0.2, 0.25) is 0 Å². The smallest absolute Gasteiger partial charge is 0.283 e. The third-order valence-corrected chi connectivity index (χ3v) is 8.30. The highest BCUT2D eigenvalue weighted by atomic mass is 32.2. The van der Waals surface area contributed by atoms with E-state index in [0.29, 0.717) is 27.5 Å². The van der Waals surface area contributed by atoms with E-state index in [4.69, 9.17) is 10.1 Å². The number of ether oxygens (including phenoxy) is 1. The first kappa shape index (κ1) is 23.7. The fourth-order valence-electron chi connectivity index (χ4n) is 4.53. The number of aliphatic imine (C=N–C) groups is 1. The maximum Gasteiger partial charge on any atom is 0.283 e. The number of hydrogen-bond donors (Lipinski definition) is 1. The van der Waals surface area contributed by atoms with Crippen molar-refractivity contribution in [2.75, 3.05) is 0 Å². The minimum absolute atomic E-state index is 0.0414. The van der Waals surface area contributed by atoms with Gasteiger partial charge in [0.25, 0.3) is 11.5 Å². The predicted molar refractivity (Wildman–Crippen MR) is 144 cm³/mol. The quantitative estimate of drug-likeness (QED) is 0.486. The molecule has 1 aliphatic carbocycles. The van der Waals surface area contributed by atoms with E-state index in [0.717, 1.165) is 28.5 Å². The van der Waals surface area contributed by atoms with Gasteiger partial charge in [0.2, 0.25) is 10.1 Å². The fraction of sp³-hybridized carbons (Fsp3) is 0.320. The average molecular weight is 534 g/mol. The van der Waals surface area contributed by atoms with Crippen LogP contribution in [-0.2, 0) is 11.4 Å². The van der Waals surface area contributed by atoms with Gasteiger partial charge in [0.1, 0.15) is 22.4 Å². The summed E-state index contributed by atoms with van der Waals surface area (Å²) in [7, 11) is 0. The van der Waals surface area contributed by atoms with E-state index in [1.165, 1.54) is 58.0 Å². The van der Waals surface area contributed by atoms with E-state index in [2.05, 4.69) is 20.2 Å². The number of hydrazone groups is 1. The van der Waals surface area contributed by atoms with E-state index in [9.17, 15) is 9.59 Å². The second-order valence-corrected chi connectivity index (χ2v) is 11.2. The number of benzene rings is 1. The van der Waals surface area contributed by atoms with Crippen molar-refractivity contribution in [3.63, 3.8) is 0 Å². The molecule has 1 fully saturated rings. The highest BCUT2D eigenvalue weighted by Gasteiger charge is 2.37. The molecule has 10 nitrogen and oxygen atoms in total. The molecule has 0 unspecified atom stereocenters. The van der Waals surface area contributed by atoms with E-state index in [1.807, 2.05) is 6.92 Å². The zero-order valence-electron chi connectivity index (χ0n) is 20.0. The average Bonchev–Trinajstić information content (AvgIpc) is 3.50. The standard InChI is InChI=1S/C25H23N7O3S2/c1-14-29-31-20(33)12-17(27-24(31)36-14)13-35-18-9-7-15(8-10-18)11-19-21(26)32-25(28-22(19)34)37-23(30-32)16-5-3-2-4-6-16/h7-12,16,26H,2-6,13H2,1H3/b19-11-,26-21?. The number of amidine groups is 2. The summed E-state index contributed by atoms with van der Waals surface area (Å²) in [6, 6.07) is 8.56. The summed E-state index contributed by atoms with van der Waals surface area (Å²) < 4.78 is 7.09. The summed E-state index contributed by atoms with van der Waals surface area (Å²) in [5, 5.41) is 21.1. The Bertz CT molecular complexity index is 1560. The van der Waals surface area contributed by atoms with Crippen molar-refractivity contribution < 1.29 is 9.53 Å². The van der Waals surface area contributed by atoms with Crippen molar-refractivity contribution in [2.24, 2.45) is 16.0 Å². The van der Waals surface area contributed by atoms with Gasteiger partial charge in [-0.3, -0.25) is 15.0 Å². The lowest BCUT2D eigenvalue weighted by Gasteiger charge is -2.20. The monoisotopic (exact) mass is 533 g/mol. The second kappa shape index (κ2) is 9.67.